The number of benzene rings is 2. The third-order valence-electron chi connectivity index (χ3n) is 4.43. The molecule has 0 bridgehead atoms. The van der Waals surface area contributed by atoms with E-state index in [1.807, 2.05) is 0 Å². The fourth-order valence-electron chi connectivity index (χ4n) is 3.01. The lowest BCUT2D eigenvalue weighted by Gasteiger charge is -2.18. The zero-order valence-corrected chi connectivity index (χ0v) is 15.6. The molecule has 1 aromatic heterocycles. The summed E-state index contributed by atoms with van der Waals surface area (Å²) in [7, 11) is 0. The van der Waals surface area contributed by atoms with Crippen LogP contribution < -0.4 is 10.2 Å². The van der Waals surface area contributed by atoms with Gasteiger partial charge in [0.1, 0.15) is 5.82 Å². The van der Waals surface area contributed by atoms with Gasteiger partial charge in [0, 0.05) is 11.8 Å². The number of pyridine rings is 1. The summed E-state index contributed by atoms with van der Waals surface area (Å²) in [6, 6.07) is 9.23. The molecule has 3 aromatic rings. The van der Waals surface area contributed by atoms with Crippen LogP contribution in [0, 0.1) is 5.82 Å². The van der Waals surface area contributed by atoms with Gasteiger partial charge in [-0.15, -0.1) is 0 Å². The molecule has 0 amide bonds. The summed E-state index contributed by atoms with van der Waals surface area (Å²) in [5, 5.41) is 18.6. The van der Waals surface area contributed by atoms with E-state index in [0.717, 1.165) is 0 Å². The van der Waals surface area contributed by atoms with Crippen molar-refractivity contribution in [3.05, 3.63) is 74.8 Å². The van der Waals surface area contributed by atoms with Crippen LogP contribution in [0.2, 0.25) is 5.02 Å². The fourth-order valence-corrected chi connectivity index (χ4v) is 3.21. The zero-order chi connectivity index (χ0) is 20.4. The van der Waals surface area contributed by atoms with Crippen molar-refractivity contribution in [2.24, 2.45) is 0 Å². The van der Waals surface area contributed by atoms with Crippen LogP contribution >= 0.6 is 11.6 Å². The van der Waals surface area contributed by atoms with E-state index in [9.17, 15) is 19.1 Å². The number of aliphatic hydroxyl groups is 1. The van der Waals surface area contributed by atoms with Crippen LogP contribution in [0.5, 0.6) is 5.75 Å². The summed E-state index contributed by atoms with van der Waals surface area (Å²) in [6.07, 6.45) is -0.158. The maximum Gasteiger partial charge on any atom is 0.511 e. The molecule has 0 saturated carbocycles. The lowest BCUT2D eigenvalue weighted by atomic mass is 10.0. The van der Waals surface area contributed by atoms with E-state index >= 15 is 0 Å². The van der Waals surface area contributed by atoms with Crippen molar-refractivity contribution in [1.82, 2.24) is 4.57 Å². The Balaban J connectivity index is 2.16. The topological polar surface area (TPSA) is 88.8 Å². The minimum atomic E-state index is -1.61. The Kier molecular flexibility index (Phi) is 5.67. The molecule has 1 atom stereocenters. The van der Waals surface area contributed by atoms with Gasteiger partial charge in [0.25, 0.3) is 0 Å². The normalized spacial score (nSPS) is 12.1. The van der Waals surface area contributed by atoms with E-state index in [1.165, 1.54) is 12.3 Å². The van der Waals surface area contributed by atoms with Crippen LogP contribution in [0.4, 0.5) is 9.18 Å². The molecule has 28 heavy (non-hydrogen) atoms. The van der Waals surface area contributed by atoms with Gasteiger partial charge in [0.2, 0.25) is 5.43 Å². The molecule has 2 N–H and O–H groups in total. The predicted octanol–water partition coefficient (Wildman–Crippen LogP) is 3.99. The number of rotatable bonds is 5. The van der Waals surface area contributed by atoms with Gasteiger partial charge in [-0.3, -0.25) is 4.79 Å². The molecule has 1 heterocycles. The van der Waals surface area contributed by atoms with Crippen molar-refractivity contribution >= 4 is 28.7 Å². The molecule has 0 fully saturated rings. The van der Waals surface area contributed by atoms with E-state index in [2.05, 4.69) is 4.74 Å². The van der Waals surface area contributed by atoms with Crippen LogP contribution in [0.1, 0.15) is 24.1 Å². The van der Waals surface area contributed by atoms with Crippen LogP contribution in [0.25, 0.3) is 10.9 Å². The number of nitrogens with zero attached hydrogens (tertiary/aromatic N) is 1. The number of ether oxygens (including phenoxy) is 1. The Labute approximate surface area is 164 Å². The van der Waals surface area contributed by atoms with Gasteiger partial charge in [-0.1, -0.05) is 29.8 Å². The van der Waals surface area contributed by atoms with Crippen LogP contribution in [0.3, 0.4) is 0 Å². The summed E-state index contributed by atoms with van der Waals surface area (Å²) in [5.74, 6) is -0.898. The molecule has 0 radical (unpaired) electrons. The van der Waals surface area contributed by atoms with Gasteiger partial charge in [0.15, 0.2) is 5.75 Å². The number of aliphatic hydroxyl groups excluding tert-OH is 1. The van der Waals surface area contributed by atoms with Crippen molar-refractivity contribution in [2.45, 2.75) is 19.4 Å². The summed E-state index contributed by atoms with van der Waals surface area (Å²) in [5.41, 5.74) is 0.905. The molecular weight excluding hydrogens is 389 g/mol. The van der Waals surface area contributed by atoms with Crippen LogP contribution in [-0.4, -0.2) is 27.5 Å². The second-order valence-electron chi connectivity index (χ2n) is 6.37. The highest BCUT2D eigenvalue weighted by molar-refractivity contribution is 6.30. The van der Waals surface area contributed by atoms with E-state index < -0.39 is 23.4 Å². The first kappa shape index (κ1) is 19.9. The lowest BCUT2D eigenvalue weighted by Crippen LogP contribution is -2.19. The number of carbonyl (C=O) groups is 1. The number of halogens is 2. The lowest BCUT2D eigenvalue weighted by molar-refractivity contribution is 0.143. The van der Waals surface area contributed by atoms with Gasteiger partial charge in [-0.05, 0) is 36.2 Å². The maximum atomic E-state index is 14.2. The molecule has 146 valence electrons. The standard InChI is InChI=1S/C20H17ClFNO5/c1-11(10-24)23-9-17(28-20(26)27)19(25)14-8-12(5-6-16(14)23)7-13-3-2-4-15(21)18(13)22/h2-6,8-9,11,24H,7,10H2,1H3,(H,26,27)/t11-/m1/s1. The van der Waals surface area contributed by atoms with E-state index in [-0.39, 0.29) is 29.2 Å². The Morgan fingerprint density at radius 3 is 2.75 bits per heavy atom. The molecule has 2 aromatic carbocycles. The summed E-state index contributed by atoms with van der Waals surface area (Å²) in [6.45, 7) is 1.49. The molecule has 6 nitrogen and oxygen atoms in total. The summed E-state index contributed by atoms with van der Waals surface area (Å²) in [4.78, 5) is 23.6. The average Bonchev–Trinajstić information content (AvgIpc) is 2.67. The second-order valence-corrected chi connectivity index (χ2v) is 6.78. The molecule has 0 saturated heterocycles. The largest absolute Gasteiger partial charge is 0.511 e. The van der Waals surface area contributed by atoms with Gasteiger partial charge < -0.3 is 19.5 Å². The van der Waals surface area contributed by atoms with Crippen molar-refractivity contribution in [3.63, 3.8) is 0 Å². The first-order chi connectivity index (χ1) is 13.3. The van der Waals surface area contributed by atoms with E-state index in [0.29, 0.717) is 16.6 Å². The average molecular weight is 406 g/mol. The third-order valence-corrected chi connectivity index (χ3v) is 4.72. The first-order valence-corrected chi connectivity index (χ1v) is 8.82. The SMILES string of the molecule is C[C@H](CO)n1cc(OC(=O)O)c(=O)c2cc(Cc3cccc(Cl)c3F)ccc21. The highest BCUT2D eigenvalue weighted by Crippen LogP contribution is 2.24. The Hall–Kier alpha value is -2.90. The first-order valence-electron chi connectivity index (χ1n) is 8.44. The minimum absolute atomic E-state index is 0.00885. The van der Waals surface area contributed by atoms with E-state index in [4.69, 9.17) is 16.7 Å². The Morgan fingerprint density at radius 2 is 2.07 bits per heavy atom. The summed E-state index contributed by atoms with van der Waals surface area (Å²) >= 11 is 5.82. The van der Waals surface area contributed by atoms with Gasteiger partial charge in [-0.25, -0.2) is 9.18 Å². The van der Waals surface area contributed by atoms with E-state index in [1.54, 1.807) is 41.8 Å². The third kappa shape index (κ3) is 3.85. The molecule has 3 rings (SSSR count). The molecule has 0 spiro atoms. The Bertz CT molecular complexity index is 1110. The molecule has 0 aliphatic heterocycles. The number of aromatic nitrogens is 1. The Morgan fingerprint density at radius 1 is 1.32 bits per heavy atom. The number of hydrogen-bond donors (Lipinski definition) is 2. The monoisotopic (exact) mass is 405 g/mol. The molecule has 0 aliphatic carbocycles. The van der Waals surface area contributed by atoms with Gasteiger partial charge in [0.05, 0.1) is 29.4 Å². The van der Waals surface area contributed by atoms with Crippen molar-refractivity contribution in [1.29, 1.82) is 0 Å². The molecular formula is C20H17ClFNO5. The summed E-state index contributed by atoms with van der Waals surface area (Å²) < 4.78 is 20.4. The highest BCUT2D eigenvalue weighted by Gasteiger charge is 2.17. The quantitative estimate of drug-likeness (QED) is 0.626. The molecule has 8 heteroatoms. The van der Waals surface area contributed by atoms with Gasteiger partial charge >= 0.3 is 6.16 Å². The minimum Gasteiger partial charge on any atom is -0.449 e. The number of fused-ring (bicyclic) bond motifs is 1. The number of hydrogen-bond acceptors (Lipinski definition) is 4. The smallest absolute Gasteiger partial charge is 0.449 e. The van der Waals surface area contributed by atoms with Crippen LogP contribution in [-0.2, 0) is 6.42 Å². The molecule has 0 aliphatic rings. The molecule has 0 unspecified atom stereocenters. The van der Waals surface area contributed by atoms with Crippen molar-refractivity contribution in [3.8, 4) is 5.75 Å². The van der Waals surface area contributed by atoms with Crippen molar-refractivity contribution in [2.75, 3.05) is 6.61 Å². The highest BCUT2D eigenvalue weighted by atomic mass is 35.5. The fraction of sp³-hybridized carbons (Fsp3) is 0.200. The van der Waals surface area contributed by atoms with Crippen LogP contribution in [0.15, 0.2) is 47.4 Å². The zero-order valence-electron chi connectivity index (χ0n) is 14.9. The number of carboxylic acid groups (broad SMARTS) is 1. The predicted molar refractivity (Wildman–Crippen MR) is 103 cm³/mol. The maximum absolute atomic E-state index is 14.2. The second kappa shape index (κ2) is 8.00. The van der Waals surface area contributed by atoms with Crippen molar-refractivity contribution < 1.29 is 24.1 Å². The van der Waals surface area contributed by atoms with Gasteiger partial charge in [-0.2, -0.15) is 0 Å².